The van der Waals surface area contributed by atoms with Crippen LogP contribution in [0.5, 0.6) is 0 Å². The second-order valence-electron chi connectivity index (χ2n) is 4.28. The quantitative estimate of drug-likeness (QED) is 0.709. The third-order valence-electron chi connectivity index (χ3n) is 2.78. The van der Waals surface area contributed by atoms with Crippen molar-refractivity contribution in [3.63, 3.8) is 0 Å². The molecule has 1 unspecified atom stereocenters. The smallest absolute Gasteiger partial charge is 0.249 e. The summed E-state index contributed by atoms with van der Waals surface area (Å²) in [6.07, 6.45) is 0. The number of nitrogens with zero attached hydrogens (tertiary/aromatic N) is 2. The standard InChI is InChI=1S/C14H12ClN3OS2/c15-9-3-5-10(6-4-9)21-8-12-17-14(19-18-12)13(16)11-2-1-7-20-11/h1-7,13H,8,16H2. The monoisotopic (exact) mass is 337 g/mol. The first-order chi connectivity index (χ1) is 10.2. The van der Waals surface area contributed by atoms with E-state index in [0.29, 0.717) is 17.5 Å². The predicted octanol–water partition coefficient (Wildman–Crippen LogP) is 4.12. The summed E-state index contributed by atoms with van der Waals surface area (Å²) in [5.74, 6) is 1.71. The van der Waals surface area contributed by atoms with Crippen molar-refractivity contribution in [2.75, 3.05) is 0 Å². The number of nitrogens with two attached hydrogens (primary N) is 1. The van der Waals surface area contributed by atoms with Gasteiger partial charge in [-0.2, -0.15) is 4.98 Å². The van der Waals surface area contributed by atoms with Gasteiger partial charge in [-0.05, 0) is 35.7 Å². The van der Waals surface area contributed by atoms with E-state index in [4.69, 9.17) is 21.9 Å². The summed E-state index contributed by atoms with van der Waals surface area (Å²) in [7, 11) is 0. The van der Waals surface area contributed by atoms with Crippen molar-refractivity contribution in [2.24, 2.45) is 5.73 Å². The van der Waals surface area contributed by atoms with Crippen molar-refractivity contribution in [1.29, 1.82) is 0 Å². The van der Waals surface area contributed by atoms with Crippen LogP contribution in [-0.4, -0.2) is 10.1 Å². The van der Waals surface area contributed by atoms with Gasteiger partial charge in [0.25, 0.3) is 0 Å². The fourth-order valence-corrected chi connectivity index (χ4v) is 3.31. The van der Waals surface area contributed by atoms with Gasteiger partial charge in [0.1, 0.15) is 6.04 Å². The Hall–Kier alpha value is -1.34. The van der Waals surface area contributed by atoms with Crippen LogP contribution >= 0.6 is 34.7 Å². The van der Waals surface area contributed by atoms with Crippen LogP contribution in [0.15, 0.2) is 51.2 Å². The van der Waals surface area contributed by atoms with Crippen LogP contribution in [0.25, 0.3) is 0 Å². The second-order valence-corrected chi connectivity index (χ2v) is 6.75. The van der Waals surface area contributed by atoms with Gasteiger partial charge >= 0.3 is 0 Å². The molecule has 0 saturated heterocycles. The molecule has 0 saturated carbocycles. The Morgan fingerprint density at radius 3 is 2.81 bits per heavy atom. The normalized spacial score (nSPS) is 12.5. The molecule has 0 radical (unpaired) electrons. The second kappa shape index (κ2) is 6.62. The molecule has 2 N–H and O–H groups in total. The van der Waals surface area contributed by atoms with E-state index < -0.39 is 0 Å². The Balaban J connectivity index is 1.64. The van der Waals surface area contributed by atoms with Gasteiger partial charge in [0.2, 0.25) is 5.89 Å². The average molecular weight is 338 g/mol. The van der Waals surface area contributed by atoms with Gasteiger partial charge in [-0.25, -0.2) is 0 Å². The fourth-order valence-electron chi connectivity index (χ4n) is 1.72. The predicted molar refractivity (Wildman–Crippen MR) is 85.7 cm³/mol. The maximum absolute atomic E-state index is 6.09. The Bertz CT molecular complexity index is 697. The Labute approximate surface area is 135 Å². The van der Waals surface area contributed by atoms with Gasteiger partial charge in [0, 0.05) is 14.8 Å². The molecule has 0 bridgehead atoms. The lowest BCUT2D eigenvalue weighted by Crippen LogP contribution is -2.10. The molecule has 3 aromatic rings. The lowest BCUT2D eigenvalue weighted by molar-refractivity contribution is 0.364. The van der Waals surface area contributed by atoms with Crippen LogP contribution in [0.3, 0.4) is 0 Å². The number of thioether (sulfide) groups is 1. The molecule has 7 heteroatoms. The molecule has 0 aliphatic heterocycles. The summed E-state index contributed by atoms with van der Waals surface area (Å²) in [6, 6.07) is 11.2. The first kappa shape index (κ1) is 14.6. The largest absolute Gasteiger partial charge is 0.337 e. The number of rotatable bonds is 5. The minimum absolute atomic E-state index is 0.355. The van der Waals surface area contributed by atoms with Gasteiger partial charge in [-0.3, -0.25) is 0 Å². The minimum Gasteiger partial charge on any atom is -0.337 e. The van der Waals surface area contributed by atoms with Crippen molar-refractivity contribution < 1.29 is 4.52 Å². The van der Waals surface area contributed by atoms with Crippen LogP contribution in [0.1, 0.15) is 22.6 Å². The Morgan fingerprint density at radius 1 is 1.29 bits per heavy atom. The third kappa shape index (κ3) is 3.65. The van der Waals surface area contributed by atoms with Gasteiger partial charge in [0.15, 0.2) is 5.82 Å². The number of hydrogen-bond acceptors (Lipinski definition) is 6. The highest BCUT2D eigenvalue weighted by Crippen LogP contribution is 2.25. The Morgan fingerprint density at radius 2 is 2.10 bits per heavy atom. The van der Waals surface area contributed by atoms with Crippen LogP contribution < -0.4 is 5.73 Å². The molecule has 3 rings (SSSR count). The summed E-state index contributed by atoms with van der Waals surface area (Å²) < 4.78 is 5.24. The SMILES string of the molecule is NC(c1nc(CSc2ccc(Cl)cc2)no1)c1cccs1. The topological polar surface area (TPSA) is 64.9 Å². The van der Waals surface area contributed by atoms with Crippen LogP contribution in [0.4, 0.5) is 0 Å². The molecule has 4 nitrogen and oxygen atoms in total. The van der Waals surface area contributed by atoms with E-state index >= 15 is 0 Å². The molecular formula is C14H12ClN3OS2. The van der Waals surface area contributed by atoms with E-state index in [9.17, 15) is 0 Å². The average Bonchev–Trinajstić information content (AvgIpc) is 3.18. The highest BCUT2D eigenvalue weighted by molar-refractivity contribution is 7.98. The summed E-state index contributed by atoms with van der Waals surface area (Å²) >= 11 is 9.05. The molecule has 0 aliphatic carbocycles. The summed E-state index contributed by atoms with van der Waals surface area (Å²) in [4.78, 5) is 6.47. The van der Waals surface area contributed by atoms with Crippen LogP contribution in [0.2, 0.25) is 5.02 Å². The molecule has 1 atom stereocenters. The zero-order valence-electron chi connectivity index (χ0n) is 10.9. The maximum Gasteiger partial charge on any atom is 0.249 e. The van der Waals surface area contributed by atoms with Gasteiger partial charge < -0.3 is 10.3 Å². The Kier molecular flexibility index (Phi) is 4.60. The van der Waals surface area contributed by atoms with Gasteiger partial charge in [-0.1, -0.05) is 22.8 Å². The van der Waals surface area contributed by atoms with E-state index in [2.05, 4.69) is 10.1 Å². The highest BCUT2D eigenvalue weighted by atomic mass is 35.5. The van der Waals surface area contributed by atoms with Crippen LogP contribution in [0, 0.1) is 0 Å². The van der Waals surface area contributed by atoms with Crippen molar-refractivity contribution in [2.45, 2.75) is 16.7 Å². The molecular weight excluding hydrogens is 326 g/mol. The third-order valence-corrected chi connectivity index (χ3v) is 5.00. The number of halogens is 1. The van der Waals surface area contributed by atoms with Crippen molar-refractivity contribution in [3.05, 3.63) is 63.4 Å². The van der Waals surface area contributed by atoms with Crippen molar-refractivity contribution >= 4 is 34.7 Å². The van der Waals surface area contributed by atoms with Crippen LogP contribution in [-0.2, 0) is 5.75 Å². The highest BCUT2D eigenvalue weighted by Gasteiger charge is 2.17. The van der Waals surface area contributed by atoms with Crippen molar-refractivity contribution in [1.82, 2.24) is 10.1 Å². The molecule has 2 heterocycles. The number of hydrogen-bond donors (Lipinski definition) is 1. The first-order valence-corrected chi connectivity index (χ1v) is 8.46. The van der Waals surface area contributed by atoms with Gasteiger partial charge in [0.05, 0.1) is 5.75 Å². The molecule has 21 heavy (non-hydrogen) atoms. The fraction of sp³-hybridized carbons (Fsp3) is 0.143. The van der Waals surface area contributed by atoms with E-state index in [1.54, 1.807) is 23.1 Å². The van der Waals surface area contributed by atoms with E-state index in [1.807, 2.05) is 41.8 Å². The zero-order valence-corrected chi connectivity index (χ0v) is 13.3. The van der Waals surface area contributed by atoms with Crippen molar-refractivity contribution in [3.8, 4) is 0 Å². The molecule has 0 spiro atoms. The number of benzene rings is 1. The van der Waals surface area contributed by atoms with Gasteiger partial charge in [-0.15, -0.1) is 23.1 Å². The lowest BCUT2D eigenvalue weighted by atomic mass is 10.2. The lowest BCUT2D eigenvalue weighted by Gasteiger charge is -2.01. The molecule has 0 aliphatic rings. The van der Waals surface area contributed by atoms with E-state index in [1.165, 1.54) is 0 Å². The number of thiophene rings is 1. The summed E-state index contributed by atoms with van der Waals surface area (Å²) in [5.41, 5.74) is 6.09. The molecule has 108 valence electrons. The summed E-state index contributed by atoms with van der Waals surface area (Å²) in [5, 5.41) is 6.67. The number of aromatic nitrogens is 2. The first-order valence-electron chi connectivity index (χ1n) is 6.22. The zero-order chi connectivity index (χ0) is 14.7. The molecule has 0 fully saturated rings. The molecule has 2 aromatic heterocycles. The maximum atomic E-state index is 6.09. The summed E-state index contributed by atoms with van der Waals surface area (Å²) in [6.45, 7) is 0. The minimum atomic E-state index is -0.355. The molecule has 0 amide bonds. The van der Waals surface area contributed by atoms with E-state index in [0.717, 1.165) is 14.8 Å². The van der Waals surface area contributed by atoms with E-state index in [-0.39, 0.29) is 6.04 Å². The molecule has 1 aromatic carbocycles.